The SMILES string of the molecule is ClCC(Br)CCl. The maximum Gasteiger partial charge on any atom is 0.0416 e. The van der Waals surface area contributed by atoms with Crippen molar-refractivity contribution >= 4 is 39.1 Å². The molecule has 0 nitrogen and oxygen atoms in total. The fourth-order valence-electron chi connectivity index (χ4n) is 0.0412. The van der Waals surface area contributed by atoms with Crippen LogP contribution in [0.2, 0.25) is 0 Å². The highest BCUT2D eigenvalue weighted by Gasteiger charge is 1.94. The van der Waals surface area contributed by atoms with E-state index >= 15 is 0 Å². The topological polar surface area (TPSA) is 0 Å². The Bertz CT molecular complexity index is 28.0. The predicted molar refractivity (Wildman–Crippen MR) is 34.2 cm³/mol. The standard InChI is InChI=1S/C3H5BrCl2/c4-3(1-5)2-6/h3H,1-2H2. The van der Waals surface area contributed by atoms with Crippen LogP contribution in [0, 0.1) is 0 Å². The molecular formula is C3H5BrCl2. The quantitative estimate of drug-likeness (QED) is 0.588. The lowest BCUT2D eigenvalue weighted by Gasteiger charge is -1.92. The molecule has 0 unspecified atom stereocenters. The molecule has 0 aliphatic heterocycles. The van der Waals surface area contributed by atoms with Gasteiger partial charge in [-0.15, -0.1) is 23.2 Å². The summed E-state index contributed by atoms with van der Waals surface area (Å²) in [6.07, 6.45) is 0. The minimum atomic E-state index is 0.279. The van der Waals surface area contributed by atoms with E-state index in [4.69, 9.17) is 23.2 Å². The van der Waals surface area contributed by atoms with Gasteiger partial charge in [0.25, 0.3) is 0 Å². The summed E-state index contributed by atoms with van der Waals surface area (Å²) in [6.45, 7) is 0. The Labute approximate surface area is 55.9 Å². The summed E-state index contributed by atoms with van der Waals surface area (Å²) in [5, 5.41) is 0. The Kier molecular flexibility index (Phi) is 4.97. The molecule has 0 bridgehead atoms. The molecule has 0 atom stereocenters. The second-order valence-electron chi connectivity index (χ2n) is 0.906. The van der Waals surface area contributed by atoms with E-state index in [1.54, 1.807) is 0 Å². The van der Waals surface area contributed by atoms with Crippen molar-refractivity contribution in [2.45, 2.75) is 4.83 Å². The van der Waals surface area contributed by atoms with Gasteiger partial charge in [0.1, 0.15) is 0 Å². The summed E-state index contributed by atoms with van der Waals surface area (Å²) >= 11 is 13.9. The highest BCUT2D eigenvalue weighted by Crippen LogP contribution is 2.02. The largest absolute Gasteiger partial charge is 0.125 e. The van der Waals surface area contributed by atoms with Gasteiger partial charge in [-0.2, -0.15) is 0 Å². The average Bonchev–Trinajstić information content (AvgIpc) is 1.65. The molecule has 0 spiro atoms. The van der Waals surface area contributed by atoms with Crippen molar-refractivity contribution in [1.29, 1.82) is 0 Å². The van der Waals surface area contributed by atoms with Gasteiger partial charge in [0.15, 0.2) is 0 Å². The maximum atomic E-state index is 5.32. The molecule has 0 saturated carbocycles. The molecule has 0 N–H and O–H groups in total. The predicted octanol–water partition coefficient (Wildman–Crippen LogP) is 2.23. The van der Waals surface area contributed by atoms with Crippen LogP contribution in [-0.4, -0.2) is 16.6 Å². The van der Waals surface area contributed by atoms with Crippen molar-refractivity contribution in [1.82, 2.24) is 0 Å². The van der Waals surface area contributed by atoms with Crippen molar-refractivity contribution in [2.24, 2.45) is 0 Å². The van der Waals surface area contributed by atoms with Crippen LogP contribution in [0.3, 0.4) is 0 Å². The third-order valence-corrected chi connectivity index (χ3v) is 2.47. The Balaban J connectivity index is 2.75. The molecule has 0 rings (SSSR count). The molecule has 0 radical (unpaired) electrons. The monoisotopic (exact) mass is 190 g/mol. The zero-order valence-electron chi connectivity index (χ0n) is 3.13. The van der Waals surface area contributed by atoms with Crippen molar-refractivity contribution in [2.75, 3.05) is 11.8 Å². The van der Waals surface area contributed by atoms with Gasteiger partial charge in [-0.1, -0.05) is 15.9 Å². The van der Waals surface area contributed by atoms with E-state index in [1.165, 1.54) is 0 Å². The molecular weight excluding hydrogens is 187 g/mol. The van der Waals surface area contributed by atoms with Crippen LogP contribution in [0.4, 0.5) is 0 Å². The Hall–Kier alpha value is 1.06. The van der Waals surface area contributed by atoms with Gasteiger partial charge in [-0.3, -0.25) is 0 Å². The Morgan fingerprint density at radius 3 is 1.67 bits per heavy atom. The molecule has 0 fully saturated rings. The summed E-state index contributed by atoms with van der Waals surface area (Å²) < 4.78 is 0. The lowest BCUT2D eigenvalue weighted by Crippen LogP contribution is -1.98. The Morgan fingerprint density at radius 1 is 1.33 bits per heavy atom. The van der Waals surface area contributed by atoms with Gasteiger partial charge in [0.05, 0.1) is 0 Å². The van der Waals surface area contributed by atoms with Crippen LogP contribution in [0.1, 0.15) is 0 Å². The van der Waals surface area contributed by atoms with E-state index in [-0.39, 0.29) is 4.83 Å². The van der Waals surface area contributed by atoms with E-state index in [2.05, 4.69) is 15.9 Å². The van der Waals surface area contributed by atoms with Crippen molar-refractivity contribution < 1.29 is 0 Å². The zero-order valence-corrected chi connectivity index (χ0v) is 6.22. The van der Waals surface area contributed by atoms with Crippen molar-refractivity contribution in [3.63, 3.8) is 0 Å². The first-order valence-corrected chi connectivity index (χ1v) is 3.55. The third kappa shape index (κ3) is 3.26. The molecule has 0 amide bonds. The van der Waals surface area contributed by atoms with Gasteiger partial charge in [-0.25, -0.2) is 0 Å². The van der Waals surface area contributed by atoms with Crippen molar-refractivity contribution in [3.8, 4) is 0 Å². The minimum Gasteiger partial charge on any atom is -0.125 e. The van der Waals surface area contributed by atoms with E-state index < -0.39 is 0 Å². The molecule has 0 saturated heterocycles. The normalized spacial score (nSPS) is 10.0. The summed E-state index contributed by atoms with van der Waals surface area (Å²) in [5.74, 6) is 1.17. The minimum absolute atomic E-state index is 0.279. The Morgan fingerprint density at radius 2 is 1.67 bits per heavy atom. The van der Waals surface area contributed by atoms with Crippen LogP contribution in [0.5, 0.6) is 0 Å². The molecule has 6 heavy (non-hydrogen) atoms. The summed E-state index contributed by atoms with van der Waals surface area (Å²) in [7, 11) is 0. The second-order valence-corrected chi connectivity index (χ2v) is 2.82. The summed E-state index contributed by atoms with van der Waals surface area (Å²) in [4.78, 5) is 0.279. The second kappa shape index (κ2) is 4.23. The average molecular weight is 192 g/mol. The number of hydrogen-bond donors (Lipinski definition) is 0. The van der Waals surface area contributed by atoms with Gasteiger partial charge in [0, 0.05) is 16.6 Å². The smallest absolute Gasteiger partial charge is 0.0416 e. The van der Waals surface area contributed by atoms with Gasteiger partial charge in [-0.05, 0) is 0 Å². The lowest BCUT2D eigenvalue weighted by molar-refractivity contribution is 1.16. The highest BCUT2D eigenvalue weighted by molar-refractivity contribution is 9.09. The van der Waals surface area contributed by atoms with E-state index in [0.29, 0.717) is 11.8 Å². The zero-order chi connectivity index (χ0) is 4.99. The van der Waals surface area contributed by atoms with Crippen molar-refractivity contribution in [3.05, 3.63) is 0 Å². The van der Waals surface area contributed by atoms with Gasteiger partial charge in [0.2, 0.25) is 0 Å². The number of rotatable bonds is 2. The molecule has 38 valence electrons. The van der Waals surface area contributed by atoms with Gasteiger partial charge < -0.3 is 0 Å². The van der Waals surface area contributed by atoms with E-state index in [1.807, 2.05) is 0 Å². The molecule has 0 aromatic carbocycles. The molecule has 0 aliphatic carbocycles. The summed E-state index contributed by atoms with van der Waals surface area (Å²) in [5.41, 5.74) is 0. The van der Waals surface area contributed by atoms with Crippen LogP contribution in [0.25, 0.3) is 0 Å². The molecule has 0 aromatic heterocycles. The van der Waals surface area contributed by atoms with Crippen LogP contribution in [0.15, 0.2) is 0 Å². The number of alkyl halides is 3. The fraction of sp³-hybridized carbons (Fsp3) is 1.00. The first-order chi connectivity index (χ1) is 2.81. The molecule has 0 heterocycles. The summed E-state index contributed by atoms with van der Waals surface area (Å²) in [6, 6.07) is 0. The maximum absolute atomic E-state index is 5.32. The molecule has 0 aliphatic rings. The molecule has 0 aromatic rings. The van der Waals surface area contributed by atoms with E-state index in [0.717, 1.165) is 0 Å². The highest BCUT2D eigenvalue weighted by atomic mass is 79.9. The van der Waals surface area contributed by atoms with Crippen LogP contribution >= 0.6 is 39.1 Å². The third-order valence-electron chi connectivity index (χ3n) is 0.335. The number of halogens is 3. The van der Waals surface area contributed by atoms with Crippen LogP contribution in [-0.2, 0) is 0 Å². The first kappa shape index (κ1) is 7.06. The molecule has 3 heteroatoms. The van der Waals surface area contributed by atoms with Gasteiger partial charge >= 0.3 is 0 Å². The fourth-order valence-corrected chi connectivity index (χ4v) is 0.371. The lowest BCUT2D eigenvalue weighted by atomic mass is 10.6. The first-order valence-electron chi connectivity index (χ1n) is 1.57. The number of hydrogen-bond acceptors (Lipinski definition) is 0. The van der Waals surface area contributed by atoms with E-state index in [9.17, 15) is 0 Å². The van der Waals surface area contributed by atoms with Crippen LogP contribution < -0.4 is 0 Å².